The Bertz CT molecular complexity index is 706. The van der Waals surface area contributed by atoms with Gasteiger partial charge in [-0.3, -0.25) is 9.69 Å². The second-order valence-electron chi connectivity index (χ2n) is 6.86. The summed E-state index contributed by atoms with van der Waals surface area (Å²) in [4.78, 5) is 17.2. The molecule has 0 N–H and O–H groups in total. The number of tetrazole rings is 1. The van der Waals surface area contributed by atoms with Crippen LogP contribution in [0.4, 0.5) is 0 Å². The van der Waals surface area contributed by atoms with Crippen molar-refractivity contribution in [2.45, 2.75) is 25.3 Å². The van der Waals surface area contributed by atoms with Crippen molar-refractivity contribution in [2.75, 3.05) is 37.7 Å². The molecule has 2 aliphatic heterocycles. The molecule has 0 spiro atoms. The Hall–Kier alpha value is -1.93. The smallest absolute Gasteiger partial charge is 0.227 e. The summed E-state index contributed by atoms with van der Waals surface area (Å²) in [5.74, 6) is 2.79. The van der Waals surface area contributed by atoms with Crippen LogP contribution in [0.2, 0.25) is 0 Å². The third-order valence-corrected chi connectivity index (χ3v) is 6.33. The van der Waals surface area contributed by atoms with Crippen LogP contribution in [-0.2, 0) is 11.2 Å². The number of amides is 1. The zero-order chi connectivity index (χ0) is 17.8. The van der Waals surface area contributed by atoms with Gasteiger partial charge in [0, 0.05) is 32.2 Å². The second-order valence-corrected chi connectivity index (χ2v) is 8.08. The number of carbonyl (C=O) groups excluding carboxylic acids is 1. The van der Waals surface area contributed by atoms with Crippen molar-refractivity contribution < 1.29 is 4.79 Å². The maximum atomic E-state index is 12.6. The molecule has 1 aromatic heterocycles. The van der Waals surface area contributed by atoms with Gasteiger partial charge in [-0.15, -0.1) is 5.10 Å². The number of rotatable bonds is 4. The maximum Gasteiger partial charge on any atom is 0.227 e. The van der Waals surface area contributed by atoms with Gasteiger partial charge < -0.3 is 4.90 Å². The van der Waals surface area contributed by atoms with E-state index < -0.39 is 0 Å². The van der Waals surface area contributed by atoms with E-state index in [1.54, 1.807) is 11.0 Å². The van der Waals surface area contributed by atoms with Gasteiger partial charge in [-0.1, -0.05) is 12.1 Å². The zero-order valence-corrected chi connectivity index (χ0v) is 15.6. The topological polar surface area (TPSA) is 67.2 Å². The molecular formula is C18H24N6OS. The number of carbonyl (C=O) groups is 1. The molecule has 2 aliphatic rings. The molecule has 0 radical (unpaired) electrons. The molecule has 26 heavy (non-hydrogen) atoms. The van der Waals surface area contributed by atoms with Crippen molar-refractivity contribution in [1.82, 2.24) is 30.0 Å². The number of nitrogens with zero attached hydrogens (tertiary/aromatic N) is 6. The maximum absolute atomic E-state index is 12.6. The van der Waals surface area contributed by atoms with Crippen molar-refractivity contribution in [3.8, 4) is 5.69 Å². The molecule has 1 aromatic carbocycles. The lowest BCUT2D eigenvalue weighted by atomic mass is 10.1. The van der Waals surface area contributed by atoms with E-state index in [1.807, 2.05) is 29.2 Å². The molecule has 0 unspecified atom stereocenters. The van der Waals surface area contributed by atoms with E-state index in [4.69, 9.17) is 0 Å². The Morgan fingerprint density at radius 3 is 2.46 bits per heavy atom. The molecule has 1 amide bonds. The predicted molar refractivity (Wildman–Crippen MR) is 101 cm³/mol. The van der Waals surface area contributed by atoms with E-state index in [2.05, 4.69) is 32.2 Å². The van der Waals surface area contributed by atoms with Crippen LogP contribution in [-0.4, -0.2) is 79.6 Å². The molecule has 8 heteroatoms. The van der Waals surface area contributed by atoms with Crippen LogP contribution in [0.3, 0.4) is 0 Å². The van der Waals surface area contributed by atoms with Gasteiger partial charge in [-0.25, -0.2) is 4.68 Å². The quantitative estimate of drug-likeness (QED) is 0.805. The first-order valence-corrected chi connectivity index (χ1v) is 10.4. The third kappa shape index (κ3) is 4.07. The summed E-state index contributed by atoms with van der Waals surface area (Å²) in [5.41, 5.74) is 1.92. The minimum atomic E-state index is 0.221. The number of hydrogen-bond acceptors (Lipinski definition) is 6. The van der Waals surface area contributed by atoms with E-state index in [0.29, 0.717) is 6.42 Å². The van der Waals surface area contributed by atoms with Gasteiger partial charge in [0.15, 0.2) is 0 Å². The highest BCUT2D eigenvalue weighted by atomic mass is 32.2. The Kier molecular flexibility index (Phi) is 5.50. The van der Waals surface area contributed by atoms with Gasteiger partial charge in [0.2, 0.25) is 5.91 Å². The summed E-state index contributed by atoms with van der Waals surface area (Å²) >= 11 is 2.07. The molecule has 138 valence electrons. The van der Waals surface area contributed by atoms with Crippen LogP contribution >= 0.6 is 11.8 Å². The third-order valence-electron chi connectivity index (χ3n) is 5.28. The van der Waals surface area contributed by atoms with E-state index in [0.717, 1.165) is 43.5 Å². The molecule has 3 heterocycles. The van der Waals surface area contributed by atoms with Crippen molar-refractivity contribution in [3.63, 3.8) is 0 Å². The molecule has 2 aromatic rings. The monoisotopic (exact) mass is 372 g/mol. The Balaban J connectivity index is 1.28. The standard InChI is InChI=1S/C18H24N6OS/c25-18(13-15-1-3-17(4-2-15)24-14-19-20-21-24)23-9-7-22(8-10-23)16-5-11-26-12-6-16/h1-4,14,16H,5-13H2. The minimum absolute atomic E-state index is 0.221. The van der Waals surface area contributed by atoms with Crippen molar-refractivity contribution in [1.29, 1.82) is 0 Å². The summed E-state index contributed by atoms with van der Waals surface area (Å²) < 4.78 is 1.61. The first-order chi connectivity index (χ1) is 12.8. The first kappa shape index (κ1) is 17.5. The van der Waals surface area contributed by atoms with E-state index in [9.17, 15) is 4.79 Å². The van der Waals surface area contributed by atoms with Gasteiger partial charge in [-0.05, 0) is 52.5 Å². The van der Waals surface area contributed by atoms with E-state index in [1.165, 1.54) is 24.3 Å². The summed E-state index contributed by atoms with van der Waals surface area (Å²) in [6.45, 7) is 3.73. The average molecular weight is 372 g/mol. The largest absolute Gasteiger partial charge is 0.340 e. The molecule has 0 bridgehead atoms. The Morgan fingerprint density at radius 1 is 1.08 bits per heavy atom. The SMILES string of the molecule is O=C(Cc1ccc(-n2cnnn2)cc1)N1CCN(C2CCSCC2)CC1. The fourth-order valence-corrected chi connectivity index (χ4v) is 4.80. The Labute approximate surface area is 157 Å². The first-order valence-electron chi connectivity index (χ1n) is 9.21. The summed E-state index contributed by atoms with van der Waals surface area (Å²) in [6.07, 6.45) is 4.61. The van der Waals surface area contributed by atoms with Crippen molar-refractivity contribution >= 4 is 17.7 Å². The average Bonchev–Trinajstić information content (AvgIpc) is 3.24. The van der Waals surface area contributed by atoms with E-state index >= 15 is 0 Å². The van der Waals surface area contributed by atoms with E-state index in [-0.39, 0.29) is 5.91 Å². The minimum Gasteiger partial charge on any atom is -0.340 e. The van der Waals surface area contributed by atoms with Crippen LogP contribution in [0, 0.1) is 0 Å². The fourth-order valence-electron chi connectivity index (χ4n) is 3.72. The van der Waals surface area contributed by atoms with Crippen LogP contribution in [0.25, 0.3) is 5.69 Å². The fraction of sp³-hybridized carbons (Fsp3) is 0.556. The van der Waals surface area contributed by atoms with Gasteiger partial charge >= 0.3 is 0 Å². The lowest BCUT2D eigenvalue weighted by molar-refractivity contribution is -0.132. The Morgan fingerprint density at radius 2 is 1.81 bits per heavy atom. The van der Waals surface area contributed by atoms with Gasteiger partial charge in [-0.2, -0.15) is 11.8 Å². The molecule has 2 fully saturated rings. The van der Waals surface area contributed by atoms with Crippen LogP contribution in [0.15, 0.2) is 30.6 Å². The lowest BCUT2D eigenvalue weighted by Crippen LogP contribution is -2.52. The summed E-state index contributed by atoms with van der Waals surface area (Å²) in [7, 11) is 0. The van der Waals surface area contributed by atoms with Gasteiger partial charge in [0.05, 0.1) is 12.1 Å². The summed E-state index contributed by atoms with van der Waals surface area (Å²) in [6, 6.07) is 8.57. The van der Waals surface area contributed by atoms with Gasteiger partial charge in [0.1, 0.15) is 6.33 Å². The van der Waals surface area contributed by atoms with Crippen molar-refractivity contribution in [3.05, 3.63) is 36.2 Å². The lowest BCUT2D eigenvalue weighted by Gasteiger charge is -2.40. The highest BCUT2D eigenvalue weighted by Crippen LogP contribution is 2.23. The highest BCUT2D eigenvalue weighted by molar-refractivity contribution is 7.99. The molecule has 7 nitrogen and oxygen atoms in total. The van der Waals surface area contributed by atoms with Crippen molar-refractivity contribution in [2.24, 2.45) is 0 Å². The molecule has 0 saturated carbocycles. The summed E-state index contributed by atoms with van der Waals surface area (Å²) in [5, 5.41) is 11.1. The number of piperazine rings is 1. The zero-order valence-electron chi connectivity index (χ0n) is 14.8. The van der Waals surface area contributed by atoms with Gasteiger partial charge in [0.25, 0.3) is 0 Å². The number of benzene rings is 1. The number of hydrogen-bond donors (Lipinski definition) is 0. The van der Waals surface area contributed by atoms with Crippen LogP contribution in [0.1, 0.15) is 18.4 Å². The van der Waals surface area contributed by atoms with Crippen LogP contribution < -0.4 is 0 Å². The molecule has 0 atom stereocenters. The number of thioether (sulfide) groups is 1. The number of aromatic nitrogens is 4. The molecule has 2 saturated heterocycles. The molecular weight excluding hydrogens is 348 g/mol. The second kappa shape index (κ2) is 8.18. The van der Waals surface area contributed by atoms with Crippen LogP contribution in [0.5, 0.6) is 0 Å². The molecule has 4 rings (SSSR count). The highest BCUT2D eigenvalue weighted by Gasteiger charge is 2.27. The predicted octanol–water partition coefficient (Wildman–Crippen LogP) is 1.24. The normalized spacial score (nSPS) is 19.6. The molecule has 0 aliphatic carbocycles.